The van der Waals surface area contributed by atoms with E-state index >= 15 is 0 Å². The summed E-state index contributed by atoms with van der Waals surface area (Å²) in [5.41, 5.74) is 0.950. The van der Waals surface area contributed by atoms with Crippen molar-refractivity contribution in [3.8, 4) is 0 Å². The number of anilines is 1. The quantitative estimate of drug-likeness (QED) is 0.707. The van der Waals surface area contributed by atoms with E-state index in [2.05, 4.69) is 20.8 Å². The minimum atomic E-state index is -0.516. The summed E-state index contributed by atoms with van der Waals surface area (Å²) in [7, 11) is 0. The van der Waals surface area contributed by atoms with Crippen molar-refractivity contribution in [1.82, 2.24) is 5.06 Å². The van der Waals surface area contributed by atoms with Gasteiger partial charge in [0.05, 0.1) is 30.7 Å². The lowest BCUT2D eigenvalue weighted by Crippen LogP contribution is -2.48. The minimum Gasteiger partial charge on any atom is -0.462 e. The smallest absolute Gasteiger partial charge is 0.339 e. The van der Waals surface area contributed by atoms with Gasteiger partial charge in [0, 0.05) is 23.2 Å². The number of rotatable bonds is 4. The number of ether oxygens (including phenoxy) is 1. The second-order valence-electron chi connectivity index (χ2n) is 6.93. The van der Waals surface area contributed by atoms with Crippen LogP contribution in [0.2, 0.25) is 0 Å². The van der Waals surface area contributed by atoms with Crippen molar-refractivity contribution in [2.24, 2.45) is 5.41 Å². The topological polar surface area (TPSA) is 59.1 Å². The molecule has 0 spiro atoms. The van der Waals surface area contributed by atoms with Gasteiger partial charge in [0.2, 0.25) is 0 Å². The van der Waals surface area contributed by atoms with Gasteiger partial charge in [-0.25, -0.2) is 9.59 Å². The predicted octanol–water partition coefficient (Wildman–Crippen LogP) is 3.25. The molecule has 0 N–H and O–H groups in total. The standard InChI is InChI=1S/C18H25BrN2O4/c1-5-24-16(22)14-12-13(6-7-15(14)19)20-8-10-21(11-9-20)25-17(23)18(2,3)4/h6-7,12H,5,8-11H2,1-4H3. The van der Waals surface area contributed by atoms with Gasteiger partial charge in [0.15, 0.2) is 0 Å². The van der Waals surface area contributed by atoms with Gasteiger partial charge >= 0.3 is 11.9 Å². The lowest BCUT2D eigenvalue weighted by Gasteiger charge is -2.35. The Morgan fingerprint density at radius 2 is 1.80 bits per heavy atom. The summed E-state index contributed by atoms with van der Waals surface area (Å²) in [5.74, 6) is -0.567. The number of benzene rings is 1. The summed E-state index contributed by atoms with van der Waals surface area (Å²) in [6.07, 6.45) is 0. The number of hydrogen-bond donors (Lipinski definition) is 0. The Kier molecular flexibility index (Phi) is 6.46. The highest BCUT2D eigenvalue weighted by molar-refractivity contribution is 9.10. The van der Waals surface area contributed by atoms with E-state index in [1.807, 2.05) is 39.0 Å². The molecule has 25 heavy (non-hydrogen) atoms. The van der Waals surface area contributed by atoms with Gasteiger partial charge in [0.25, 0.3) is 0 Å². The van der Waals surface area contributed by atoms with Gasteiger partial charge in [-0.1, -0.05) is 0 Å². The van der Waals surface area contributed by atoms with Crippen LogP contribution < -0.4 is 4.90 Å². The number of nitrogens with zero attached hydrogens (tertiary/aromatic N) is 2. The second-order valence-corrected chi connectivity index (χ2v) is 7.78. The monoisotopic (exact) mass is 412 g/mol. The number of carbonyl (C=O) groups is 2. The average molecular weight is 413 g/mol. The first-order chi connectivity index (χ1) is 11.7. The van der Waals surface area contributed by atoms with Crippen LogP contribution >= 0.6 is 15.9 Å². The number of carbonyl (C=O) groups excluding carboxylic acids is 2. The third-order valence-electron chi connectivity index (χ3n) is 3.87. The number of piperazine rings is 1. The normalized spacial score (nSPS) is 15.8. The van der Waals surface area contributed by atoms with Crippen LogP contribution in [0.4, 0.5) is 5.69 Å². The van der Waals surface area contributed by atoms with Gasteiger partial charge in [-0.3, -0.25) is 0 Å². The van der Waals surface area contributed by atoms with Gasteiger partial charge < -0.3 is 14.5 Å². The molecule has 0 saturated carbocycles. The Morgan fingerprint density at radius 3 is 2.36 bits per heavy atom. The zero-order valence-corrected chi connectivity index (χ0v) is 16.8. The maximum atomic E-state index is 12.0. The van der Waals surface area contributed by atoms with E-state index in [9.17, 15) is 9.59 Å². The van der Waals surface area contributed by atoms with Crippen molar-refractivity contribution in [2.45, 2.75) is 27.7 Å². The maximum Gasteiger partial charge on any atom is 0.339 e. The molecule has 1 saturated heterocycles. The van der Waals surface area contributed by atoms with Crippen molar-refractivity contribution >= 4 is 33.6 Å². The molecule has 7 heteroatoms. The Hall–Kier alpha value is -1.60. The van der Waals surface area contributed by atoms with Crippen molar-refractivity contribution in [2.75, 3.05) is 37.7 Å². The summed E-state index contributed by atoms with van der Waals surface area (Å²) < 4.78 is 5.81. The lowest BCUT2D eigenvalue weighted by molar-refractivity contribution is -0.201. The summed E-state index contributed by atoms with van der Waals surface area (Å²) in [5, 5.41) is 1.70. The Bertz CT molecular complexity index is 634. The maximum absolute atomic E-state index is 12.0. The zero-order chi connectivity index (χ0) is 18.6. The molecule has 1 heterocycles. The van der Waals surface area contributed by atoms with E-state index in [0.717, 1.165) is 5.69 Å². The molecule has 0 amide bonds. The Balaban J connectivity index is 2.00. The largest absolute Gasteiger partial charge is 0.462 e. The second kappa shape index (κ2) is 8.19. The fourth-order valence-corrected chi connectivity index (χ4v) is 2.78. The molecule has 0 aromatic heterocycles. The molecule has 0 atom stereocenters. The molecular formula is C18H25BrN2O4. The van der Waals surface area contributed by atoms with E-state index in [-0.39, 0.29) is 11.9 Å². The van der Waals surface area contributed by atoms with Crippen molar-refractivity contribution in [3.05, 3.63) is 28.2 Å². The highest BCUT2D eigenvalue weighted by Gasteiger charge is 2.28. The highest BCUT2D eigenvalue weighted by atomic mass is 79.9. The number of hydroxylamine groups is 2. The molecule has 0 radical (unpaired) electrons. The van der Waals surface area contributed by atoms with Crippen molar-refractivity contribution in [1.29, 1.82) is 0 Å². The molecule has 1 aromatic carbocycles. The SMILES string of the molecule is CCOC(=O)c1cc(N2CCN(OC(=O)C(C)(C)C)CC2)ccc1Br. The van der Waals surface area contributed by atoms with Crippen LogP contribution in [0, 0.1) is 5.41 Å². The van der Waals surface area contributed by atoms with Crippen LogP contribution in [0.25, 0.3) is 0 Å². The zero-order valence-electron chi connectivity index (χ0n) is 15.2. The van der Waals surface area contributed by atoms with Crippen LogP contribution in [0.5, 0.6) is 0 Å². The van der Waals surface area contributed by atoms with E-state index in [1.165, 1.54) is 0 Å². The van der Waals surface area contributed by atoms with Crippen LogP contribution in [-0.2, 0) is 14.4 Å². The first-order valence-corrected chi connectivity index (χ1v) is 9.20. The van der Waals surface area contributed by atoms with Crippen molar-refractivity contribution < 1.29 is 19.2 Å². The van der Waals surface area contributed by atoms with Gasteiger partial charge in [-0.15, -0.1) is 5.06 Å². The Morgan fingerprint density at radius 1 is 1.16 bits per heavy atom. The predicted molar refractivity (Wildman–Crippen MR) is 99.4 cm³/mol. The molecule has 6 nitrogen and oxygen atoms in total. The van der Waals surface area contributed by atoms with Gasteiger partial charge in [-0.2, -0.15) is 0 Å². The summed E-state index contributed by atoms with van der Waals surface area (Å²) >= 11 is 3.40. The molecule has 0 unspecified atom stereocenters. The number of halogens is 1. The minimum absolute atomic E-state index is 0.228. The summed E-state index contributed by atoms with van der Waals surface area (Å²) in [6, 6.07) is 5.65. The van der Waals surface area contributed by atoms with E-state index < -0.39 is 5.41 Å². The fraction of sp³-hybridized carbons (Fsp3) is 0.556. The summed E-state index contributed by atoms with van der Waals surface area (Å²) in [6.45, 7) is 10.3. The molecule has 0 aliphatic carbocycles. The molecule has 1 fully saturated rings. The van der Waals surface area contributed by atoms with Crippen LogP contribution in [0.1, 0.15) is 38.1 Å². The molecular weight excluding hydrogens is 388 g/mol. The highest BCUT2D eigenvalue weighted by Crippen LogP contribution is 2.26. The van der Waals surface area contributed by atoms with Gasteiger partial charge in [0.1, 0.15) is 0 Å². The van der Waals surface area contributed by atoms with E-state index in [1.54, 1.807) is 12.0 Å². The third kappa shape index (κ3) is 5.19. The fourth-order valence-electron chi connectivity index (χ4n) is 2.37. The molecule has 1 aliphatic heterocycles. The van der Waals surface area contributed by atoms with Crippen LogP contribution in [-0.4, -0.2) is 49.8 Å². The third-order valence-corrected chi connectivity index (χ3v) is 4.56. The van der Waals surface area contributed by atoms with Crippen LogP contribution in [0.15, 0.2) is 22.7 Å². The first-order valence-electron chi connectivity index (χ1n) is 8.41. The molecule has 2 rings (SSSR count). The summed E-state index contributed by atoms with van der Waals surface area (Å²) in [4.78, 5) is 31.6. The molecule has 0 bridgehead atoms. The molecule has 138 valence electrons. The molecule has 1 aromatic rings. The van der Waals surface area contributed by atoms with E-state index in [0.29, 0.717) is 42.8 Å². The Labute approximate surface area is 157 Å². The number of hydrogen-bond acceptors (Lipinski definition) is 6. The average Bonchev–Trinajstić information content (AvgIpc) is 2.55. The first kappa shape index (κ1) is 19.7. The van der Waals surface area contributed by atoms with E-state index in [4.69, 9.17) is 9.57 Å². The van der Waals surface area contributed by atoms with Crippen molar-refractivity contribution in [3.63, 3.8) is 0 Å². The lowest BCUT2D eigenvalue weighted by atomic mass is 9.98. The van der Waals surface area contributed by atoms with Crippen LogP contribution in [0.3, 0.4) is 0 Å². The van der Waals surface area contributed by atoms with Gasteiger partial charge in [-0.05, 0) is 61.8 Å². The molecule has 1 aliphatic rings. The number of esters is 1.